The lowest BCUT2D eigenvalue weighted by atomic mass is 10.0. The molecule has 1 aliphatic heterocycles. The summed E-state index contributed by atoms with van der Waals surface area (Å²) in [6.45, 7) is 7.24. The molecule has 2 heterocycles. The van der Waals surface area contributed by atoms with Gasteiger partial charge >= 0.3 is 0 Å². The van der Waals surface area contributed by atoms with Gasteiger partial charge in [-0.1, -0.05) is 11.6 Å². The van der Waals surface area contributed by atoms with E-state index in [2.05, 4.69) is 35.0 Å². The molecule has 1 aromatic carbocycles. The Bertz CT molecular complexity index is 759. The highest BCUT2D eigenvalue weighted by Gasteiger charge is 2.33. The maximum atomic E-state index is 10.2. The summed E-state index contributed by atoms with van der Waals surface area (Å²) < 4.78 is 0. The maximum Gasteiger partial charge on any atom is 0.103 e. The number of nitrogens with zero attached hydrogens (tertiary/aromatic N) is 3. The van der Waals surface area contributed by atoms with E-state index in [-0.39, 0.29) is 0 Å². The fourth-order valence-electron chi connectivity index (χ4n) is 3.21. The number of hydrogen-bond donors (Lipinski definition) is 1. The van der Waals surface area contributed by atoms with Gasteiger partial charge in [-0.05, 0) is 38.8 Å². The summed E-state index contributed by atoms with van der Waals surface area (Å²) in [5.41, 5.74) is 3.99. The minimum Gasteiger partial charge on any atom is -0.388 e. The molecule has 3 rings (SSSR count). The second kappa shape index (κ2) is 4.71. The third-order valence-corrected chi connectivity index (χ3v) is 4.17. The second-order valence-corrected chi connectivity index (χ2v) is 6.28. The van der Waals surface area contributed by atoms with E-state index in [0.29, 0.717) is 18.5 Å². The average molecular weight is 281 g/mol. The van der Waals surface area contributed by atoms with Crippen LogP contribution in [0, 0.1) is 25.2 Å². The van der Waals surface area contributed by atoms with Gasteiger partial charge in [0.1, 0.15) is 6.07 Å². The van der Waals surface area contributed by atoms with Crippen molar-refractivity contribution < 1.29 is 5.11 Å². The van der Waals surface area contributed by atoms with E-state index in [1.54, 1.807) is 6.20 Å². The van der Waals surface area contributed by atoms with Crippen LogP contribution in [0.2, 0.25) is 0 Å². The van der Waals surface area contributed by atoms with Crippen LogP contribution in [0.15, 0.2) is 18.3 Å². The number of anilines is 1. The Labute approximate surface area is 124 Å². The lowest BCUT2D eigenvalue weighted by Crippen LogP contribution is -2.30. The van der Waals surface area contributed by atoms with Gasteiger partial charge in [0.05, 0.1) is 22.4 Å². The van der Waals surface area contributed by atoms with Crippen molar-refractivity contribution in [1.82, 2.24) is 4.98 Å². The Morgan fingerprint density at radius 1 is 1.38 bits per heavy atom. The molecule has 0 bridgehead atoms. The van der Waals surface area contributed by atoms with E-state index < -0.39 is 5.60 Å². The predicted octanol–water partition coefficient (Wildman–Crippen LogP) is 2.68. The van der Waals surface area contributed by atoms with Gasteiger partial charge in [-0.3, -0.25) is 4.98 Å². The van der Waals surface area contributed by atoms with Crippen LogP contribution >= 0.6 is 0 Å². The van der Waals surface area contributed by atoms with Crippen LogP contribution in [0.25, 0.3) is 10.9 Å². The number of pyridine rings is 1. The number of hydrogen-bond acceptors (Lipinski definition) is 4. The fraction of sp³-hybridized carbons (Fsp3) is 0.412. The number of nitriles is 1. The largest absolute Gasteiger partial charge is 0.388 e. The van der Waals surface area contributed by atoms with Crippen molar-refractivity contribution in [1.29, 1.82) is 5.26 Å². The number of aryl methyl sites for hydroxylation is 2. The Morgan fingerprint density at radius 3 is 2.76 bits per heavy atom. The lowest BCUT2D eigenvalue weighted by Gasteiger charge is -2.23. The topological polar surface area (TPSA) is 60.2 Å². The Morgan fingerprint density at radius 2 is 2.14 bits per heavy atom. The van der Waals surface area contributed by atoms with Gasteiger partial charge in [-0.2, -0.15) is 5.26 Å². The van der Waals surface area contributed by atoms with Gasteiger partial charge in [-0.25, -0.2) is 0 Å². The van der Waals surface area contributed by atoms with Crippen LogP contribution < -0.4 is 4.90 Å². The average Bonchev–Trinajstić information content (AvgIpc) is 2.77. The van der Waals surface area contributed by atoms with Crippen molar-refractivity contribution in [3.05, 3.63) is 35.0 Å². The summed E-state index contributed by atoms with van der Waals surface area (Å²) >= 11 is 0. The first kappa shape index (κ1) is 13.8. The summed E-state index contributed by atoms with van der Waals surface area (Å²) in [4.78, 5) is 6.56. The minimum absolute atomic E-state index is 0.549. The number of aliphatic hydroxyl groups is 1. The Balaban J connectivity index is 2.27. The van der Waals surface area contributed by atoms with E-state index in [0.717, 1.165) is 34.3 Å². The molecular formula is C17H19N3O. The summed E-state index contributed by atoms with van der Waals surface area (Å²) in [5.74, 6) is 0. The number of benzene rings is 1. The normalized spacial score (nSPS) is 21.8. The fourth-order valence-corrected chi connectivity index (χ4v) is 3.21. The highest BCUT2D eigenvalue weighted by atomic mass is 16.3. The van der Waals surface area contributed by atoms with Gasteiger partial charge in [0, 0.05) is 24.7 Å². The monoisotopic (exact) mass is 281 g/mol. The molecule has 1 aromatic heterocycles. The SMILES string of the molecule is Cc1cc(C)c2ncc(C#N)c(N3CCC(C)(O)C3)c2c1. The third kappa shape index (κ3) is 2.34. The number of fused-ring (bicyclic) bond motifs is 1. The summed E-state index contributed by atoms with van der Waals surface area (Å²) in [6, 6.07) is 6.43. The minimum atomic E-state index is -0.693. The summed E-state index contributed by atoms with van der Waals surface area (Å²) in [6.07, 6.45) is 2.36. The molecular weight excluding hydrogens is 262 g/mol. The van der Waals surface area contributed by atoms with E-state index in [1.165, 1.54) is 0 Å². The number of aromatic nitrogens is 1. The lowest BCUT2D eigenvalue weighted by molar-refractivity contribution is 0.0839. The highest BCUT2D eigenvalue weighted by molar-refractivity contribution is 5.96. The smallest absolute Gasteiger partial charge is 0.103 e. The van der Waals surface area contributed by atoms with Gasteiger partial charge < -0.3 is 10.0 Å². The zero-order valence-electron chi connectivity index (χ0n) is 12.6. The predicted molar refractivity (Wildman–Crippen MR) is 83.4 cm³/mol. The van der Waals surface area contributed by atoms with E-state index in [1.807, 2.05) is 13.8 Å². The first-order chi connectivity index (χ1) is 9.91. The van der Waals surface area contributed by atoms with Crippen LogP contribution in [0.5, 0.6) is 0 Å². The van der Waals surface area contributed by atoms with E-state index in [9.17, 15) is 10.4 Å². The van der Waals surface area contributed by atoms with Gasteiger partial charge in [0.15, 0.2) is 0 Å². The molecule has 0 radical (unpaired) electrons. The molecule has 2 aromatic rings. The van der Waals surface area contributed by atoms with Gasteiger partial charge in [0.2, 0.25) is 0 Å². The van der Waals surface area contributed by atoms with Crippen LogP contribution in [0.4, 0.5) is 5.69 Å². The molecule has 0 saturated carbocycles. The second-order valence-electron chi connectivity index (χ2n) is 6.28. The molecule has 108 valence electrons. The van der Waals surface area contributed by atoms with Crippen molar-refractivity contribution in [3.8, 4) is 6.07 Å². The third-order valence-electron chi connectivity index (χ3n) is 4.17. The quantitative estimate of drug-likeness (QED) is 0.873. The molecule has 1 atom stereocenters. The first-order valence-electron chi connectivity index (χ1n) is 7.19. The van der Waals surface area contributed by atoms with Crippen LogP contribution in [-0.2, 0) is 0 Å². The summed E-state index contributed by atoms with van der Waals surface area (Å²) in [7, 11) is 0. The summed E-state index contributed by atoms with van der Waals surface area (Å²) in [5, 5.41) is 20.7. The molecule has 1 unspecified atom stereocenters. The highest BCUT2D eigenvalue weighted by Crippen LogP contribution is 2.35. The van der Waals surface area contributed by atoms with E-state index >= 15 is 0 Å². The maximum absolute atomic E-state index is 10.2. The van der Waals surface area contributed by atoms with Crippen molar-refractivity contribution in [2.45, 2.75) is 32.8 Å². The Hall–Kier alpha value is -2.12. The van der Waals surface area contributed by atoms with Crippen LogP contribution in [0.3, 0.4) is 0 Å². The molecule has 4 nitrogen and oxygen atoms in total. The number of rotatable bonds is 1. The zero-order valence-corrected chi connectivity index (χ0v) is 12.6. The standard InChI is InChI=1S/C17H19N3O/c1-11-6-12(2)15-14(7-11)16(13(8-18)9-19-15)20-5-4-17(3,21)10-20/h6-7,9,21H,4-5,10H2,1-3H3. The van der Waals surface area contributed by atoms with Crippen molar-refractivity contribution in [2.75, 3.05) is 18.0 Å². The molecule has 1 aliphatic rings. The Kier molecular flexibility index (Phi) is 3.11. The van der Waals surface area contributed by atoms with Crippen LogP contribution in [0.1, 0.15) is 30.0 Å². The van der Waals surface area contributed by atoms with Crippen LogP contribution in [-0.4, -0.2) is 28.8 Å². The van der Waals surface area contributed by atoms with Gasteiger partial charge in [-0.15, -0.1) is 0 Å². The molecule has 0 spiro atoms. The molecule has 1 N–H and O–H groups in total. The molecule has 0 aliphatic carbocycles. The van der Waals surface area contributed by atoms with E-state index in [4.69, 9.17) is 0 Å². The van der Waals surface area contributed by atoms with Crippen molar-refractivity contribution in [3.63, 3.8) is 0 Å². The first-order valence-corrected chi connectivity index (χ1v) is 7.19. The van der Waals surface area contributed by atoms with Crippen molar-refractivity contribution in [2.24, 2.45) is 0 Å². The van der Waals surface area contributed by atoms with Crippen molar-refractivity contribution >= 4 is 16.6 Å². The molecule has 21 heavy (non-hydrogen) atoms. The molecule has 4 heteroatoms. The number of β-amino-alcohol motifs (C(OH)–C–C–N with tert-alkyl or cyclic N) is 1. The molecule has 1 fully saturated rings. The van der Waals surface area contributed by atoms with Gasteiger partial charge in [0.25, 0.3) is 0 Å². The molecule has 0 amide bonds. The molecule has 1 saturated heterocycles. The zero-order chi connectivity index (χ0) is 15.2.